The minimum absolute atomic E-state index is 0.408. The highest BCUT2D eigenvalue weighted by atomic mass is 16.5. The second kappa shape index (κ2) is 7.62. The van der Waals surface area contributed by atoms with E-state index in [-0.39, 0.29) is 0 Å². The van der Waals surface area contributed by atoms with Crippen LogP contribution in [0.3, 0.4) is 0 Å². The summed E-state index contributed by atoms with van der Waals surface area (Å²) in [5.74, 6) is 1.66. The van der Waals surface area contributed by atoms with Gasteiger partial charge in [-0.15, -0.1) is 10.2 Å². The molecule has 0 saturated carbocycles. The lowest BCUT2D eigenvalue weighted by atomic mass is 10.2. The van der Waals surface area contributed by atoms with Crippen LogP contribution in [-0.4, -0.2) is 35.0 Å². The van der Waals surface area contributed by atoms with E-state index in [1.807, 2.05) is 35.9 Å². The molecule has 0 atom stereocenters. The number of ether oxygens (including phenoxy) is 2. The molecule has 6 heteroatoms. The van der Waals surface area contributed by atoms with Crippen molar-refractivity contribution in [2.24, 2.45) is 7.05 Å². The quantitative estimate of drug-likeness (QED) is 0.732. The van der Waals surface area contributed by atoms with Crippen LogP contribution >= 0.6 is 0 Å². The number of nitrogens with zero attached hydrogens (tertiary/aromatic N) is 3. The number of benzene rings is 1. The highest BCUT2D eigenvalue weighted by molar-refractivity contribution is 5.33. The Morgan fingerprint density at radius 1 is 1.30 bits per heavy atom. The van der Waals surface area contributed by atoms with Crippen molar-refractivity contribution in [1.29, 1.82) is 0 Å². The molecule has 108 valence electrons. The van der Waals surface area contributed by atoms with E-state index < -0.39 is 0 Å². The van der Waals surface area contributed by atoms with Gasteiger partial charge < -0.3 is 19.4 Å². The molecule has 0 spiro atoms. The van der Waals surface area contributed by atoms with Crippen LogP contribution in [0.2, 0.25) is 0 Å². The van der Waals surface area contributed by atoms with Gasteiger partial charge in [-0.3, -0.25) is 0 Å². The van der Waals surface area contributed by atoms with Gasteiger partial charge in [0.1, 0.15) is 18.7 Å². The number of methoxy groups -OCH3 is 1. The van der Waals surface area contributed by atoms with Gasteiger partial charge in [-0.05, 0) is 6.07 Å². The average Bonchev–Trinajstić information content (AvgIpc) is 2.88. The zero-order valence-corrected chi connectivity index (χ0v) is 11.9. The Hall–Kier alpha value is -1.92. The van der Waals surface area contributed by atoms with Crippen molar-refractivity contribution in [2.75, 3.05) is 20.3 Å². The van der Waals surface area contributed by atoms with Crippen LogP contribution < -0.4 is 10.1 Å². The molecule has 20 heavy (non-hydrogen) atoms. The van der Waals surface area contributed by atoms with Gasteiger partial charge in [0.15, 0.2) is 5.82 Å². The number of rotatable bonds is 8. The third-order valence-electron chi connectivity index (χ3n) is 2.93. The molecule has 0 bridgehead atoms. The summed E-state index contributed by atoms with van der Waals surface area (Å²) in [6.07, 6.45) is 1.66. The molecule has 0 radical (unpaired) electrons. The predicted octanol–water partition coefficient (Wildman–Crippen LogP) is 1.13. The molecule has 0 saturated heterocycles. The minimum atomic E-state index is 0.408. The van der Waals surface area contributed by atoms with Gasteiger partial charge in [0.25, 0.3) is 0 Å². The Labute approximate surface area is 118 Å². The molecule has 0 unspecified atom stereocenters. The van der Waals surface area contributed by atoms with E-state index >= 15 is 0 Å². The van der Waals surface area contributed by atoms with Crippen molar-refractivity contribution in [3.05, 3.63) is 42.0 Å². The summed E-state index contributed by atoms with van der Waals surface area (Å²) in [6, 6.07) is 7.97. The van der Waals surface area contributed by atoms with E-state index in [1.165, 1.54) is 0 Å². The maximum absolute atomic E-state index is 5.82. The topological polar surface area (TPSA) is 61.2 Å². The summed E-state index contributed by atoms with van der Waals surface area (Å²) in [5.41, 5.74) is 1.12. The Kier molecular flexibility index (Phi) is 5.52. The number of aryl methyl sites for hydroxylation is 1. The molecule has 1 heterocycles. The highest BCUT2D eigenvalue weighted by Crippen LogP contribution is 2.18. The lowest BCUT2D eigenvalue weighted by molar-refractivity contribution is 0.199. The first-order chi connectivity index (χ1) is 9.81. The Balaban J connectivity index is 1.92. The highest BCUT2D eigenvalue weighted by Gasteiger charge is 2.05. The summed E-state index contributed by atoms with van der Waals surface area (Å²) in [4.78, 5) is 0. The first-order valence-electron chi connectivity index (χ1n) is 6.54. The summed E-state index contributed by atoms with van der Waals surface area (Å²) < 4.78 is 12.7. The van der Waals surface area contributed by atoms with Crippen molar-refractivity contribution in [1.82, 2.24) is 20.1 Å². The lowest BCUT2D eigenvalue weighted by Gasteiger charge is -2.11. The SMILES string of the molecule is COCCNCc1ccccc1OCc1nncn1C. The third-order valence-corrected chi connectivity index (χ3v) is 2.93. The maximum Gasteiger partial charge on any atom is 0.170 e. The van der Waals surface area contributed by atoms with Crippen LogP contribution in [-0.2, 0) is 24.9 Å². The Morgan fingerprint density at radius 3 is 2.90 bits per heavy atom. The van der Waals surface area contributed by atoms with Crippen molar-refractivity contribution >= 4 is 0 Å². The molecule has 2 rings (SSSR count). The smallest absolute Gasteiger partial charge is 0.170 e. The molecule has 6 nitrogen and oxygen atoms in total. The minimum Gasteiger partial charge on any atom is -0.485 e. The number of aromatic nitrogens is 3. The van der Waals surface area contributed by atoms with Gasteiger partial charge in [0.2, 0.25) is 0 Å². The molecule has 1 aromatic carbocycles. The zero-order valence-electron chi connectivity index (χ0n) is 11.9. The van der Waals surface area contributed by atoms with Gasteiger partial charge in [-0.2, -0.15) is 0 Å². The Bertz CT molecular complexity index is 527. The monoisotopic (exact) mass is 276 g/mol. The second-order valence-corrected chi connectivity index (χ2v) is 4.42. The van der Waals surface area contributed by atoms with Gasteiger partial charge in [-0.25, -0.2) is 0 Å². The van der Waals surface area contributed by atoms with Gasteiger partial charge in [0, 0.05) is 32.8 Å². The fourth-order valence-corrected chi connectivity index (χ4v) is 1.77. The molecular formula is C14H20N4O2. The largest absolute Gasteiger partial charge is 0.485 e. The number of nitrogens with one attached hydrogen (secondary N) is 1. The van der Waals surface area contributed by atoms with Crippen molar-refractivity contribution in [2.45, 2.75) is 13.2 Å². The zero-order chi connectivity index (χ0) is 14.2. The van der Waals surface area contributed by atoms with Gasteiger partial charge in [0.05, 0.1) is 6.61 Å². The molecular weight excluding hydrogens is 256 g/mol. The van der Waals surface area contributed by atoms with Crippen LogP contribution in [0.15, 0.2) is 30.6 Å². The summed E-state index contributed by atoms with van der Waals surface area (Å²) in [6.45, 7) is 2.67. The summed E-state index contributed by atoms with van der Waals surface area (Å²) in [5, 5.41) is 11.1. The van der Waals surface area contributed by atoms with Crippen molar-refractivity contribution < 1.29 is 9.47 Å². The maximum atomic E-state index is 5.82. The molecule has 0 amide bonds. The fourth-order valence-electron chi connectivity index (χ4n) is 1.77. The van der Waals surface area contributed by atoms with E-state index in [2.05, 4.69) is 15.5 Å². The van der Waals surface area contributed by atoms with E-state index in [0.717, 1.165) is 30.2 Å². The number of para-hydroxylation sites is 1. The standard InChI is InChI=1S/C14H20N4O2/c1-18-11-16-17-14(18)10-20-13-6-4-3-5-12(13)9-15-7-8-19-2/h3-6,11,15H,7-10H2,1-2H3. The molecule has 0 aliphatic heterocycles. The molecule has 1 aromatic heterocycles. The fraction of sp³-hybridized carbons (Fsp3) is 0.429. The average molecular weight is 276 g/mol. The molecule has 0 aliphatic rings. The number of hydrogen-bond acceptors (Lipinski definition) is 5. The Morgan fingerprint density at radius 2 is 2.15 bits per heavy atom. The van der Waals surface area contributed by atoms with E-state index in [4.69, 9.17) is 9.47 Å². The summed E-state index contributed by atoms with van der Waals surface area (Å²) in [7, 11) is 3.59. The van der Waals surface area contributed by atoms with Crippen molar-refractivity contribution in [3.63, 3.8) is 0 Å². The molecule has 1 N–H and O–H groups in total. The molecule has 0 fully saturated rings. The number of hydrogen-bond donors (Lipinski definition) is 1. The normalized spacial score (nSPS) is 10.7. The second-order valence-electron chi connectivity index (χ2n) is 4.42. The van der Waals surface area contributed by atoms with Crippen molar-refractivity contribution in [3.8, 4) is 5.75 Å². The van der Waals surface area contributed by atoms with Crippen LogP contribution in [0.5, 0.6) is 5.75 Å². The molecule has 0 aliphatic carbocycles. The van der Waals surface area contributed by atoms with Crippen LogP contribution in [0.1, 0.15) is 11.4 Å². The van der Waals surface area contributed by atoms with E-state index in [9.17, 15) is 0 Å². The first-order valence-corrected chi connectivity index (χ1v) is 6.54. The third kappa shape index (κ3) is 4.04. The van der Waals surface area contributed by atoms with Crippen LogP contribution in [0.4, 0.5) is 0 Å². The summed E-state index contributed by atoms with van der Waals surface area (Å²) >= 11 is 0. The lowest BCUT2D eigenvalue weighted by Crippen LogP contribution is -2.19. The van der Waals surface area contributed by atoms with E-state index in [0.29, 0.717) is 13.2 Å². The van der Waals surface area contributed by atoms with Crippen LogP contribution in [0, 0.1) is 0 Å². The van der Waals surface area contributed by atoms with Crippen LogP contribution in [0.25, 0.3) is 0 Å². The van der Waals surface area contributed by atoms with Gasteiger partial charge >= 0.3 is 0 Å². The first kappa shape index (κ1) is 14.5. The van der Waals surface area contributed by atoms with E-state index in [1.54, 1.807) is 13.4 Å². The predicted molar refractivity (Wildman–Crippen MR) is 75.4 cm³/mol. The molecule has 2 aromatic rings. The van der Waals surface area contributed by atoms with Gasteiger partial charge in [-0.1, -0.05) is 18.2 Å².